The van der Waals surface area contributed by atoms with Gasteiger partial charge in [0.25, 0.3) is 0 Å². The van der Waals surface area contributed by atoms with Crippen LogP contribution < -0.4 is 9.03 Å². The van der Waals surface area contributed by atoms with Gasteiger partial charge in [0.1, 0.15) is 11.3 Å². The molecular weight excluding hydrogens is 316 g/mol. The Morgan fingerprint density at radius 3 is 2.74 bits per heavy atom. The topological polar surface area (TPSA) is 82.8 Å². The first kappa shape index (κ1) is 14.1. The predicted octanol–water partition coefficient (Wildman–Crippen LogP) is 2.46. The molecule has 2 N–H and O–H groups in total. The van der Waals surface area contributed by atoms with E-state index in [4.69, 9.17) is 4.42 Å². The number of nitrogens with zero attached hydrogens (tertiary/aromatic N) is 1. The summed E-state index contributed by atoms with van der Waals surface area (Å²) >= 11 is 0. The minimum atomic E-state index is -3.56. The number of anilines is 1. The van der Waals surface area contributed by atoms with Crippen molar-refractivity contribution >= 4 is 26.9 Å². The van der Waals surface area contributed by atoms with Gasteiger partial charge in [0.05, 0.1) is 12.0 Å². The van der Waals surface area contributed by atoms with Crippen molar-refractivity contribution in [1.29, 1.82) is 0 Å². The summed E-state index contributed by atoms with van der Waals surface area (Å²) in [5, 5.41) is 11.2. The van der Waals surface area contributed by atoms with E-state index < -0.39 is 10.2 Å². The highest BCUT2D eigenvalue weighted by Crippen LogP contribution is 2.37. The molecule has 6 nitrogen and oxygen atoms in total. The van der Waals surface area contributed by atoms with E-state index in [9.17, 15) is 13.5 Å². The van der Waals surface area contributed by atoms with Gasteiger partial charge >= 0.3 is 10.2 Å². The van der Waals surface area contributed by atoms with Crippen LogP contribution in [0.5, 0.6) is 5.75 Å². The van der Waals surface area contributed by atoms with Gasteiger partial charge in [-0.05, 0) is 23.8 Å². The summed E-state index contributed by atoms with van der Waals surface area (Å²) in [5.74, 6) is -0.0833. The van der Waals surface area contributed by atoms with E-state index in [-0.39, 0.29) is 11.4 Å². The number of phenols is 1. The molecule has 2 aromatic carbocycles. The third-order valence-electron chi connectivity index (χ3n) is 3.93. The molecule has 1 aliphatic heterocycles. The molecule has 1 aromatic heterocycles. The largest absolute Gasteiger partial charge is 0.506 e. The van der Waals surface area contributed by atoms with Gasteiger partial charge in [-0.1, -0.05) is 24.3 Å². The van der Waals surface area contributed by atoms with Gasteiger partial charge in [-0.3, -0.25) is 4.31 Å². The maximum atomic E-state index is 11.9. The summed E-state index contributed by atoms with van der Waals surface area (Å²) in [7, 11) is -3.56. The van der Waals surface area contributed by atoms with Crippen LogP contribution in [-0.2, 0) is 10.2 Å². The van der Waals surface area contributed by atoms with E-state index >= 15 is 0 Å². The Balaban J connectivity index is 1.80. The van der Waals surface area contributed by atoms with Gasteiger partial charge in [-0.15, -0.1) is 0 Å². The Kier molecular flexibility index (Phi) is 3.07. The highest BCUT2D eigenvalue weighted by atomic mass is 32.2. The van der Waals surface area contributed by atoms with Gasteiger partial charge in [-0.25, -0.2) is 0 Å². The summed E-state index contributed by atoms with van der Waals surface area (Å²) in [6, 6.07) is 12.6. The molecule has 0 unspecified atom stereocenters. The van der Waals surface area contributed by atoms with Crippen LogP contribution in [0.2, 0.25) is 0 Å². The Bertz CT molecular complexity index is 994. The molecule has 2 heterocycles. The molecule has 0 radical (unpaired) electrons. The first-order valence-electron chi connectivity index (χ1n) is 7.13. The minimum Gasteiger partial charge on any atom is -0.506 e. The average molecular weight is 330 g/mol. The SMILES string of the molecule is O=S1(=O)NCCN1c1ccc(-c2coc3ccccc23)cc1O. The molecule has 0 aliphatic carbocycles. The number of nitrogens with one attached hydrogen (secondary N) is 1. The molecule has 0 spiro atoms. The minimum absolute atomic E-state index is 0.0833. The number of hydrogen-bond donors (Lipinski definition) is 2. The number of benzene rings is 2. The third-order valence-corrected chi connectivity index (χ3v) is 5.45. The zero-order chi connectivity index (χ0) is 16.0. The molecule has 3 aromatic rings. The maximum Gasteiger partial charge on any atom is 0.301 e. The fourth-order valence-corrected chi connectivity index (χ4v) is 4.08. The molecular formula is C16H14N2O4S. The van der Waals surface area contributed by atoms with E-state index in [1.54, 1.807) is 24.5 Å². The van der Waals surface area contributed by atoms with Crippen molar-refractivity contribution < 1.29 is 17.9 Å². The molecule has 4 rings (SSSR count). The number of hydrogen-bond acceptors (Lipinski definition) is 4. The van der Waals surface area contributed by atoms with E-state index in [0.29, 0.717) is 13.1 Å². The molecule has 1 saturated heterocycles. The van der Waals surface area contributed by atoms with Crippen LogP contribution in [0.4, 0.5) is 5.69 Å². The second kappa shape index (κ2) is 5.00. The van der Waals surface area contributed by atoms with Gasteiger partial charge in [0, 0.05) is 24.0 Å². The lowest BCUT2D eigenvalue weighted by atomic mass is 10.0. The Morgan fingerprint density at radius 2 is 2.00 bits per heavy atom. The van der Waals surface area contributed by atoms with E-state index in [1.165, 1.54) is 4.31 Å². The second-order valence-corrected chi connectivity index (χ2v) is 7.00. The summed E-state index contributed by atoms with van der Waals surface area (Å²) in [4.78, 5) is 0. The smallest absolute Gasteiger partial charge is 0.301 e. The summed E-state index contributed by atoms with van der Waals surface area (Å²) in [6.45, 7) is 0.625. The lowest BCUT2D eigenvalue weighted by Gasteiger charge is -2.17. The molecule has 0 bridgehead atoms. The summed E-state index contributed by atoms with van der Waals surface area (Å²) in [6.07, 6.45) is 1.63. The Hall–Kier alpha value is -2.51. The van der Waals surface area contributed by atoms with Crippen molar-refractivity contribution in [2.75, 3.05) is 17.4 Å². The predicted molar refractivity (Wildman–Crippen MR) is 87.6 cm³/mol. The zero-order valence-electron chi connectivity index (χ0n) is 12.1. The van der Waals surface area contributed by atoms with Crippen molar-refractivity contribution in [3.63, 3.8) is 0 Å². The second-order valence-electron chi connectivity index (χ2n) is 5.32. The van der Waals surface area contributed by atoms with Crippen molar-refractivity contribution in [3.05, 3.63) is 48.7 Å². The lowest BCUT2D eigenvalue weighted by Crippen LogP contribution is -2.29. The first-order chi connectivity index (χ1) is 11.1. The third kappa shape index (κ3) is 2.25. The van der Waals surface area contributed by atoms with Gasteiger partial charge in [-0.2, -0.15) is 13.1 Å². The van der Waals surface area contributed by atoms with E-state index in [0.717, 1.165) is 22.1 Å². The van der Waals surface area contributed by atoms with Gasteiger partial charge < -0.3 is 9.52 Å². The number of aromatic hydroxyl groups is 1. The fourth-order valence-electron chi connectivity index (χ4n) is 2.83. The van der Waals surface area contributed by atoms with Crippen LogP contribution in [0.15, 0.2) is 53.1 Å². The average Bonchev–Trinajstić information content (AvgIpc) is 3.10. The van der Waals surface area contributed by atoms with Crippen molar-refractivity contribution in [2.24, 2.45) is 0 Å². The number of fused-ring (bicyclic) bond motifs is 1. The molecule has 118 valence electrons. The molecule has 0 saturated carbocycles. The van der Waals surface area contributed by atoms with Crippen molar-refractivity contribution in [2.45, 2.75) is 0 Å². The number of rotatable bonds is 2. The van der Waals surface area contributed by atoms with Crippen LogP contribution in [0.3, 0.4) is 0 Å². The quantitative estimate of drug-likeness (QED) is 0.756. The first-order valence-corrected chi connectivity index (χ1v) is 8.57. The fraction of sp³-hybridized carbons (Fsp3) is 0.125. The normalized spacial score (nSPS) is 17.0. The molecule has 0 amide bonds. The molecule has 1 aliphatic rings. The van der Waals surface area contributed by atoms with Crippen LogP contribution >= 0.6 is 0 Å². The lowest BCUT2D eigenvalue weighted by molar-refractivity contribution is 0.476. The molecule has 0 atom stereocenters. The van der Waals surface area contributed by atoms with Crippen LogP contribution in [-0.4, -0.2) is 26.6 Å². The molecule has 1 fully saturated rings. The number of para-hydroxylation sites is 1. The highest BCUT2D eigenvalue weighted by molar-refractivity contribution is 7.91. The Labute approximate surface area is 133 Å². The van der Waals surface area contributed by atoms with Crippen LogP contribution in [0, 0.1) is 0 Å². The monoisotopic (exact) mass is 330 g/mol. The van der Waals surface area contributed by atoms with Gasteiger partial charge in [0.2, 0.25) is 0 Å². The van der Waals surface area contributed by atoms with E-state index in [1.807, 2.05) is 24.3 Å². The van der Waals surface area contributed by atoms with Crippen LogP contribution in [0.1, 0.15) is 0 Å². The van der Waals surface area contributed by atoms with Crippen molar-refractivity contribution in [1.82, 2.24) is 4.72 Å². The summed E-state index contributed by atoms with van der Waals surface area (Å²) < 4.78 is 32.9. The highest BCUT2D eigenvalue weighted by Gasteiger charge is 2.29. The zero-order valence-corrected chi connectivity index (χ0v) is 12.9. The maximum absolute atomic E-state index is 11.9. The summed E-state index contributed by atoms with van der Waals surface area (Å²) in [5.41, 5.74) is 2.65. The molecule has 23 heavy (non-hydrogen) atoms. The van der Waals surface area contributed by atoms with Gasteiger partial charge in [0.15, 0.2) is 0 Å². The number of furan rings is 1. The number of phenolic OH excluding ortho intramolecular Hbond substituents is 1. The van der Waals surface area contributed by atoms with E-state index in [2.05, 4.69) is 4.72 Å². The van der Waals surface area contributed by atoms with Crippen LogP contribution in [0.25, 0.3) is 22.1 Å². The van der Waals surface area contributed by atoms with Crippen molar-refractivity contribution in [3.8, 4) is 16.9 Å². The Morgan fingerprint density at radius 1 is 1.17 bits per heavy atom. The molecule has 7 heteroatoms. The standard InChI is InChI=1S/C16H14N2O4S/c19-15-9-11(13-10-22-16-4-2-1-3-12(13)16)5-6-14(15)18-8-7-17-23(18,20)21/h1-6,9-10,17,19H,7-8H2.